The van der Waals surface area contributed by atoms with Crippen LogP contribution in [0.2, 0.25) is 0 Å². The molecule has 0 saturated carbocycles. The second-order valence-electron chi connectivity index (χ2n) is 3.34. The molecule has 6 nitrogen and oxygen atoms in total. The summed E-state index contributed by atoms with van der Waals surface area (Å²) in [6.07, 6.45) is 0.711. The van der Waals surface area contributed by atoms with Crippen molar-refractivity contribution in [3.8, 4) is 0 Å². The minimum absolute atomic E-state index is 0.0619. The van der Waals surface area contributed by atoms with Crippen molar-refractivity contribution < 1.29 is 19.1 Å². The molecule has 1 fully saturated rings. The van der Waals surface area contributed by atoms with Gasteiger partial charge in [-0.25, -0.2) is 9.59 Å². The van der Waals surface area contributed by atoms with Gasteiger partial charge in [-0.15, -0.1) is 0 Å². The fourth-order valence-electron chi connectivity index (χ4n) is 1.01. The summed E-state index contributed by atoms with van der Waals surface area (Å²) in [5, 5.41) is 2.26. The number of ether oxygens (including phenoxy) is 1. The van der Waals surface area contributed by atoms with Gasteiger partial charge in [-0.2, -0.15) is 0 Å². The normalized spacial score (nSPS) is 18.7. The Bertz CT molecular complexity index is 346. The number of nitrogens with zero attached hydrogens (tertiary/aromatic N) is 1. The Kier molecular flexibility index (Phi) is 3.08. The lowest BCUT2D eigenvalue weighted by molar-refractivity contribution is -0.141. The summed E-state index contributed by atoms with van der Waals surface area (Å²) in [6, 6.07) is -0.552. The summed E-state index contributed by atoms with van der Waals surface area (Å²) in [5.41, 5.74) is -0.0619. The molecule has 3 amide bonds. The number of rotatable bonds is 2. The predicted octanol–water partition coefficient (Wildman–Crippen LogP) is 0.00350. The standard InChI is InChI=1S/C9H12N2O4/c1-5(2)15-7(12)4-6-8(13)11(3)9(14)10-6/h4-5H,1-3H3,(H,10,14)/b6-4-. The van der Waals surface area contributed by atoms with Crippen LogP contribution in [0.25, 0.3) is 0 Å². The second kappa shape index (κ2) is 4.12. The van der Waals surface area contributed by atoms with Crippen LogP contribution < -0.4 is 5.32 Å². The van der Waals surface area contributed by atoms with Crippen molar-refractivity contribution in [2.75, 3.05) is 7.05 Å². The minimum atomic E-state index is -0.649. The number of amides is 3. The van der Waals surface area contributed by atoms with E-state index in [1.54, 1.807) is 13.8 Å². The van der Waals surface area contributed by atoms with E-state index in [0.717, 1.165) is 11.0 Å². The number of hydrogen-bond donors (Lipinski definition) is 1. The van der Waals surface area contributed by atoms with Crippen LogP contribution in [0.5, 0.6) is 0 Å². The van der Waals surface area contributed by atoms with Crippen molar-refractivity contribution in [3.05, 3.63) is 11.8 Å². The number of imide groups is 1. The van der Waals surface area contributed by atoms with Gasteiger partial charge in [0, 0.05) is 7.05 Å². The Morgan fingerprint density at radius 2 is 2.07 bits per heavy atom. The highest BCUT2D eigenvalue weighted by atomic mass is 16.5. The maximum atomic E-state index is 11.3. The third-order valence-corrected chi connectivity index (χ3v) is 1.70. The van der Waals surface area contributed by atoms with Gasteiger partial charge < -0.3 is 10.1 Å². The van der Waals surface area contributed by atoms with Crippen molar-refractivity contribution in [1.82, 2.24) is 10.2 Å². The lowest BCUT2D eigenvalue weighted by Crippen LogP contribution is -2.25. The van der Waals surface area contributed by atoms with Crippen LogP contribution in [0.15, 0.2) is 11.8 Å². The predicted molar refractivity (Wildman–Crippen MR) is 50.6 cm³/mol. The molecule has 0 bridgehead atoms. The third kappa shape index (κ3) is 2.55. The van der Waals surface area contributed by atoms with Gasteiger partial charge >= 0.3 is 12.0 Å². The largest absolute Gasteiger partial charge is 0.460 e. The minimum Gasteiger partial charge on any atom is -0.460 e. The molecular formula is C9H12N2O4. The van der Waals surface area contributed by atoms with Gasteiger partial charge in [0.1, 0.15) is 5.70 Å². The molecular weight excluding hydrogens is 200 g/mol. The van der Waals surface area contributed by atoms with Crippen LogP contribution in [-0.4, -0.2) is 36.0 Å². The van der Waals surface area contributed by atoms with Crippen LogP contribution in [0.4, 0.5) is 4.79 Å². The zero-order valence-corrected chi connectivity index (χ0v) is 8.73. The van der Waals surface area contributed by atoms with Gasteiger partial charge in [-0.3, -0.25) is 9.69 Å². The number of nitrogens with one attached hydrogen (secondary N) is 1. The molecule has 0 spiro atoms. The molecule has 1 heterocycles. The van der Waals surface area contributed by atoms with E-state index in [1.807, 2.05) is 0 Å². The zero-order chi connectivity index (χ0) is 11.6. The highest BCUT2D eigenvalue weighted by Crippen LogP contribution is 2.07. The van der Waals surface area contributed by atoms with E-state index in [4.69, 9.17) is 4.74 Å². The average Bonchev–Trinajstić information content (AvgIpc) is 2.32. The molecule has 0 unspecified atom stereocenters. The molecule has 1 saturated heterocycles. The van der Waals surface area contributed by atoms with E-state index >= 15 is 0 Å². The number of carbonyl (C=O) groups is 3. The van der Waals surface area contributed by atoms with Crippen LogP contribution in [0.3, 0.4) is 0 Å². The van der Waals surface area contributed by atoms with Gasteiger partial charge in [0.25, 0.3) is 5.91 Å². The Morgan fingerprint density at radius 3 is 2.47 bits per heavy atom. The van der Waals surface area contributed by atoms with Crippen LogP contribution >= 0.6 is 0 Å². The smallest absolute Gasteiger partial charge is 0.333 e. The van der Waals surface area contributed by atoms with E-state index < -0.39 is 17.9 Å². The Labute approximate surface area is 86.9 Å². The number of likely N-dealkylation sites (N-methyl/N-ethyl adjacent to an activating group) is 1. The average molecular weight is 212 g/mol. The van der Waals surface area contributed by atoms with Gasteiger partial charge in [-0.1, -0.05) is 0 Å². The maximum absolute atomic E-state index is 11.3. The van der Waals surface area contributed by atoms with E-state index in [9.17, 15) is 14.4 Å². The second-order valence-corrected chi connectivity index (χ2v) is 3.34. The van der Waals surface area contributed by atoms with Crippen molar-refractivity contribution in [2.24, 2.45) is 0 Å². The Morgan fingerprint density at radius 1 is 1.47 bits per heavy atom. The van der Waals surface area contributed by atoms with Gasteiger partial charge in [-0.05, 0) is 13.8 Å². The molecule has 0 aromatic rings. The molecule has 1 N–H and O–H groups in total. The zero-order valence-electron chi connectivity index (χ0n) is 8.73. The number of esters is 1. The van der Waals surface area contributed by atoms with Gasteiger partial charge in [0.15, 0.2) is 0 Å². The van der Waals surface area contributed by atoms with Gasteiger partial charge in [0.2, 0.25) is 0 Å². The van der Waals surface area contributed by atoms with Crippen molar-refractivity contribution in [3.63, 3.8) is 0 Å². The van der Waals surface area contributed by atoms with E-state index in [2.05, 4.69) is 5.32 Å². The van der Waals surface area contributed by atoms with E-state index in [0.29, 0.717) is 0 Å². The lowest BCUT2D eigenvalue weighted by atomic mass is 10.4. The summed E-state index contributed by atoms with van der Waals surface area (Å²) in [7, 11) is 1.33. The SMILES string of the molecule is CC(C)OC(=O)/C=C1\NC(=O)N(C)C1=O. The summed E-state index contributed by atoms with van der Waals surface area (Å²) >= 11 is 0. The summed E-state index contributed by atoms with van der Waals surface area (Å²) in [6.45, 7) is 3.38. The Hall–Kier alpha value is -1.85. The molecule has 1 aliphatic heterocycles. The van der Waals surface area contributed by atoms with E-state index in [1.165, 1.54) is 7.05 Å². The van der Waals surface area contributed by atoms with Crippen LogP contribution in [0, 0.1) is 0 Å². The summed E-state index contributed by atoms with van der Waals surface area (Å²) in [4.78, 5) is 34.3. The monoisotopic (exact) mass is 212 g/mol. The third-order valence-electron chi connectivity index (χ3n) is 1.70. The molecule has 1 aliphatic rings. The first-order chi connectivity index (χ1) is 6.91. The van der Waals surface area contributed by atoms with Crippen molar-refractivity contribution in [1.29, 1.82) is 0 Å². The highest BCUT2D eigenvalue weighted by Gasteiger charge is 2.30. The quantitative estimate of drug-likeness (QED) is 0.397. The maximum Gasteiger partial charge on any atom is 0.333 e. The van der Waals surface area contributed by atoms with Gasteiger partial charge in [0.05, 0.1) is 12.2 Å². The van der Waals surface area contributed by atoms with E-state index in [-0.39, 0.29) is 11.8 Å². The number of hydrogen-bond acceptors (Lipinski definition) is 4. The highest BCUT2D eigenvalue weighted by molar-refractivity contribution is 6.13. The molecule has 0 aromatic heterocycles. The van der Waals surface area contributed by atoms with Crippen molar-refractivity contribution >= 4 is 17.9 Å². The molecule has 0 aliphatic carbocycles. The topological polar surface area (TPSA) is 75.7 Å². The first-order valence-electron chi connectivity index (χ1n) is 4.43. The van der Waals surface area contributed by atoms with Crippen molar-refractivity contribution in [2.45, 2.75) is 20.0 Å². The molecule has 0 radical (unpaired) electrons. The first-order valence-corrected chi connectivity index (χ1v) is 4.43. The molecule has 0 atom stereocenters. The number of urea groups is 1. The van der Waals surface area contributed by atoms with Crippen LogP contribution in [0.1, 0.15) is 13.8 Å². The fraction of sp³-hybridized carbons (Fsp3) is 0.444. The number of carbonyl (C=O) groups excluding carboxylic acids is 3. The fourth-order valence-corrected chi connectivity index (χ4v) is 1.01. The molecule has 82 valence electrons. The molecule has 0 aromatic carbocycles. The Balaban J connectivity index is 2.73. The summed E-state index contributed by atoms with van der Waals surface area (Å²) in [5.74, 6) is -1.19. The summed E-state index contributed by atoms with van der Waals surface area (Å²) < 4.78 is 4.79. The first kappa shape index (κ1) is 11.2. The van der Waals surface area contributed by atoms with Crippen LogP contribution in [-0.2, 0) is 14.3 Å². The molecule has 1 rings (SSSR count). The molecule has 15 heavy (non-hydrogen) atoms. The lowest BCUT2D eigenvalue weighted by Gasteiger charge is -2.04. The molecule has 6 heteroatoms.